The number of nitrogens with zero attached hydrogens (tertiary/aromatic N) is 2. The van der Waals surface area contributed by atoms with Crippen molar-refractivity contribution < 1.29 is 8.42 Å². The van der Waals surface area contributed by atoms with Crippen LogP contribution < -0.4 is 5.73 Å². The molecule has 2 N–H and O–H groups in total. The van der Waals surface area contributed by atoms with Gasteiger partial charge in [0.05, 0.1) is 11.5 Å². The van der Waals surface area contributed by atoms with Crippen molar-refractivity contribution >= 4 is 9.84 Å². The Morgan fingerprint density at radius 1 is 1.44 bits per heavy atom. The van der Waals surface area contributed by atoms with Crippen LogP contribution in [0.25, 0.3) is 0 Å². The van der Waals surface area contributed by atoms with E-state index in [4.69, 9.17) is 5.73 Å². The minimum absolute atomic E-state index is 0.206. The van der Waals surface area contributed by atoms with E-state index in [2.05, 4.69) is 9.55 Å². The van der Waals surface area contributed by atoms with Gasteiger partial charge in [0.1, 0.15) is 5.82 Å². The van der Waals surface area contributed by atoms with Crippen LogP contribution in [0.5, 0.6) is 0 Å². The number of aromatic nitrogens is 2. The van der Waals surface area contributed by atoms with E-state index in [1.54, 1.807) is 0 Å². The van der Waals surface area contributed by atoms with E-state index in [1.165, 1.54) is 5.69 Å². The molecular weight excluding hydrogens is 250 g/mol. The fourth-order valence-electron chi connectivity index (χ4n) is 2.99. The zero-order valence-electron chi connectivity index (χ0n) is 10.4. The molecule has 1 aromatic heterocycles. The maximum absolute atomic E-state index is 11.5. The smallest absolute Gasteiger partial charge is 0.150 e. The third-order valence-corrected chi connectivity index (χ3v) is 5.84. The Kier molecular flexibility index (Phi) is 2.94. The molecule has 0 aromatic carbocycles. The maximum atomic E-state index is 11.5. The summed E-state index contributed by atoms with van der Waals surface area (Å²) in [5.41, 5.74) is 7.23. The number of sulfone groups is 1. The van der Waals surface area contributed by atoms with E-state index < -0.39 is 9.84 Å². The Bertz CT molecular complexity index is 550. The molecule has 1 saturated heterocycles. The molecule has 1 aromatic rings. The van der Waals surface area contributed by atoms with Gasteiger partial charge in [-0.1, -0.05) is 0 Å². The van der Waals surface area contributed by atoms with Crippen molar-refractivity contribution in [1.29, 1.82) is 0 Å². The summed E-state index contributed by atoms with van der Waals surface area (Å²) >= 11 is 0. The first-order chi connectivity index (χ1) is 8.53. The van der Waals surface area contributed by atoms with Gasteiger partial charge in [0.25, 0.3) is 0 Å². The first-order valence-electron chi connectivity index (χ1n) is 6.53. The number of rotatable bonds is 2. The van der Waals surface area contributed by atoms with Crippen molar-refractivity contribution in [3.63, 3.8) is 0 Å². The summed E-state index contributed by atoms with van der Waals surface area (Å²) in [6.07, 6.45) is 5.47. The molecule has 3 rings (SSSR count). The van der Waals surface area contributed by atoms with Gasteiger partial charge >= 0.3 is 0 Å². The summed E-state index contributed by atoms with van der Waals surface area (Å²) < 4.78 is 25.1. The first-order valence-corrected chi connectivity index (χ1v) is 8.35. The second-order valence-corrected chi connectivity index (χ2v) is 7.78. The lowest BCUT2D eigenvalue weighted by Gasteiger charge is -2.22. The molecule has 0 bridgehead atoms. The van der Waals surface area contributed by atoms with Gasteiger partial charge in [-0.25, -0.2) is 13.4 Å². The number of fused-ring (bicyclic) bond motifs is 1. The van der Waals surface area contributed by atoms with Crippen molar-refractivity contribution in [2.45, 2.75) is 38.3 Å². The quantitative estimate of drug-likeness (QED) is 0.828. The summed E-state index contributed by atoms with van der Waals surface area (Å²) in [6, 6.07) is 0.206. The Morgan fingerprint density at radius 3 is 3.00 bits per heavy atom. The molecule has 0 saturated carbocycles. The standard InChI is InChI=1S/C12H19N3O2S/c13-10-1-2-11-6-14-12(15(11)7-10)5-9-3-4-18(16,17)8-9/h6,9-10H,1-5,7-8,13H2. The molecule has 0 aliphatic carbocycles. The van der Waals surface area contributed by atoms with E-state index in [9.17, 15) is 8.42 Å². The van der Waals surface area contributed by atoms with E-state index in [0.717, 1.165) is 38.1 Å². The number of hydrogen-bond acceptors (Lipinski definition) is 4. The normalized spacial score (nSPS) is 30.3. The van der Waals surface area contributed by atoms with E-state index in [1.807, 2.05) is 6.20 Å². The average molecular weight is 269 g/mol. The number of aryl methyl sites for hydroxylation is 1. The molecule has 100 valence electrons. The SMILES string of the molecule is NC1CCc2cnc(CC3CCS(=O)(=O)C3)n2C1. The highest BCUT2D eigenvalue weighted by molar-refractivity contribution is 7.91. The van der Waals surface area contributed by atoms with Gasteiger partial charge in [-0.3, -0.25) is 0 Å². The number of nitrogens with two attached hydrogens (primary N) is 1. The van der Waals surface area contributed by atoms with Crippen LogP contribution in [0, 0.1) is 5.92 Å². The molecule has 2 aliphatic rings. The lowest BCUT2D eigenvalue weighted by Crippen LogP contribution is -2.32. The highest BCUT2D eigenvalue weighted by Crippen LogP contribution is 2.24. The van der Waals surface area contributed by atoms with Crippen LogP contribution in [-0.2, 0) is 29.2 Å². The van der Waals surface area contributed by atoms with Crippen LogP contribution in [0.1, 0.15) is 24.4 Å². The van der Waals surface area contributed by atoms with Crippen molar-refractivity contribution in [3.05, 3.63) is 17.7 Å². The number of imidazole rings is 1. The van der Waals surface area contributed by atoms with Crippen LogP contribution in [0.4, 0.5) is 0 Å². The lowest BCUT2D eigenvalue weighted by atomic mass is 10.0. The van der Waals surface area contributed by atoms with Crippen molar-refractivity contribution in [1.82, 2.24) is 9.55 Å². The monoisotopic (exact) mass is 269 g/mol. The van der Waals surface area contributed by atoms with Gasteiger partial charge in [0.15, 0.2) is 9.84 Å². The summed E-state index contributed by atoms with van der Waals surface area (Å²) in [7, 11) is -2.79. The van der Waals surface area contributed by atoms with Gasteiger partial charge in [-0.05, 0) is 25.2 Å². The Balaban J connectivity index is 1.76. The van der Waals surface area contributed by atoms with E-state index in [-0.39, 0.29) is 12.0 Å². The molecule has 18 heavy (non-hydrogen) atoms. The third-order valence-electron chi connectivity index (χ3n) is 4.01. The van der Waals surface area contributed by atoms with Gasteiger partial charge in [0, 0.05) is 30.9 Å². The minimum Gasteiger partial charge on any atom is -0.330 e. The Labute approximate surface area is 107 Å². The van der Waals surface area contributed by atoms with Crippen LogP contribution in [0.2, 0.25) is 0 Å². The highest BCUT2D eigenvalue weighted by Gasteiger charge is 2.29. The summed E-state index contributed by atoms with van der Waals surface area (Å²) in [6.45, 7) is 0.824. The molecule has 1 fully saturated rings. The van der Waals surface area contributed by atoms with E-state index in [0.29, 0.717) is 11.5 Å². The highest BCUT2D eigenvalue weighted by atomic mass is 32.2. The van der Waals surface area contributed by atoms with Crippen molar-refractivity contribution in [2.75, 3.05) is 11.5 Å². The number of hydrogen-bond donors (Lipinski definition) is 1. The Morgan fingerprint density at radius 2 is 2.28 bits per heavy atom. The molecule has 2 unspecified atom stereocenters. The third kappa shape index (κ3) is 2.31. The lowest BCUT2D eigenvalue weighted by molar-refractivity contribution is 0.437. The molecule has 0 amide bonds. The zero-order valence-corrected chi connectivity index (χ0v) is 11.2. The molecule has 3 heterocycles. The first kappa shape index (κ1) is 12.2. The molecule has 5 nitrogen and oxygen atoms in total. The summed E-state index contributed by atoms with van der Waals surface area (Å²) in [5, 5.41) is 0. The van der Waals surface area contributed by atoms with E-state index >= 15 is 0 Å². The van der Waals surface area contributed by atoms with Crippen LogP contribution in [-0.4, -0.2) is 35.5 Å². The summed E-state index contributed by atoms with van der Waals surface area (Å²) in [5.74, 6) is 1.91. The molecule has 0 radical (unpaired) electrons. The Hall–Kier alpha value is -0.880. The largest absolute Gasteiger partial charge is 0.330 e. The van der Waals surface area contributed by atoms with Crippen molar-refractivity contribution in [2.24, 2.45) is 11.7 Å². The van der Waals surface area contributed by atoms with Crippen LogP contribution in [0.15, 0.2) is 6.20 Å². The molecular formula is C12H19N3O2S. The minimum atomic E-state index is -2.79. The predicted molar refractivity (Wildman–Crippen MR) is 69.0 cm³/mol. The van der Waals surface area contributed by atoms with Crippen LogP contribution in [0.3, 0.4) is 0 Å². The topological polar surface area (TPSA) is 78.0 Å². The van der Waals surface area contributed by atoms with Crippen molar-refractivity contribution in [3.8, 4) is 0 Å². The molecule has 2 aliphatic heterocycles. The molecule has 0 spiro atoms. The average Bonchev–Trinajstić information content (AvgIpc) is 2.84. The van der Waals surface area contributed by atoms with Gasteiger partial charge in [-0.15, -0.1) is 0 Å². The van der Waals surface area contributed by atoms with Gasteiger partial charge in [-0.2, -0.15) is 0 Å². The van der Waals surface area contributed by atoms with Gasteiger partial charge in [0.2, 0.25) is 0 Å². The zero-order chi connectivity index (χ0) is 12.8. The maximum Gasteiger partial charge on any atom is 0.150 e. The predicted octanol–water partition coefficient (Wildman–Crippen LogP) is 0.134. The van der Waals surface area contributed by atoms with Gasteiger partial charge < -0.3 is 10.3 Å². The fourth-order valence-corrected chi connectivity index (χ4v) is 4.85. The van der Waals surface area contributed by atoms with Crippen LogP contribution >= 0.6 is 0 Å². The second-order valence-electron chi connectivity index (χ2n) is 5.55. The summed E-state index contributed by atoms with van der Waals surface area (Å²) in [4.78, 5) is 4.46. The fraction of sp³-hybridized carbons (Fsp3) is 0.750. The molecule has 2 atom stereocenters. The molecule has 6 heteroatoms. The second kappa shape index (κ2) is 4.35.